The van der Waals surface area contributed by atoms with Crippen molar-refractivity contribution in [3.05, 3.63) is 83.9 Å². The Morgan fingerprint density at radius 2 is 1.25 bits per heavy atom. The SMILES string of the molecule is CCCCCCCCC=CCCCCCCCC(=O)NCCCOC(=O)CCNCC(OCc1ccccc1)C(C)(C)C(=O)OCc1ccccc1. The molecular weight excluding hydrogens is 652 g/mol. The van der Waals surface area contributed by atoms with Gasteiger partial charge >= 0.3 is 11.9 Å². The molecule has 1 unspecified atom stereocenters. The second-order valence-electron chi connectivity index (χ2n) is 14.3. The second kappa shape index (κ2) is 29.0. The van der Waals surface area contributed by atoms with Crippen LogP contribution in [0.25, 0.3) is 0 Å². The minimum Gasteiger partial charge on any atom is -0.466 e. The molecule has 0 aliphatic heterocycles. The Balaban J connectivity index is 1.53. The summed E-state index contributed by atoms with van der Waals surface area (Å²) in [5.74, 6) is -0.602. The van der Waals surface area contributed by atoms with Crippen molar-refractivity contribution in [2.45, 2.75) is 143 Å². The second-order valence-corrected chi connectivity index (χ2v) is 14.3. The average molecular weight is 721 g/mol. The fourth-order valence-corrected chi connectivity index (χ4v) is 5.76. The van der Waals surface area contributed by atoms with Crippen molar-refractivity contribution in [2.24, 2.45) is 5.41 Å². The molecule has 0 spiro atoms. The van der Waals surface area contributed by atoms with Crippen LogP contribution in [0.3, 0.4) is 0 Å². The Morgan fingerprint density at radius 1 is 0.673 bits per heavy atom. The van der Waals surface area contributed by atoms with Crippen LogP contribution in [0.2, 0.25) is 0 Å². The fourth-order valence-electron chi connectivity index (χ4n) is 5.76. The lowest BCUT2D eigenvalue weighted by Crippen LogP contribution is -2.46. The van der Waals surface area contributed by atoms with Crippen LogP contribution in [0.15, 0.2) is 72.8 Å². The summed E-state index contributed by atoms with van der Waals surface area (Å²) in [6.45, 7) is 7.93. The molecule has 2 aromatic carbocycles. The fraction of sp³-hybridized carbons (Fsp3) is 0.614. The van der Waals surface area contributed by atoms with Gasteiger partial charge in [-0.2, -0.15) is 0 Å². The van der Waals surface area contributed by atoms with Gasteiger partial charge in [0, 0.05) is 26.1 Å². The third-order valence-corrected chi connectivity index (χ3v) is 9.25. The lowest BCUT2D eigenvalue weighted by Gasteiger charge is -2.32. The van der Waals surface area contributed by atoms with Crippen LogP contribution >= 0.6 is 0 Å². The highest BCUT2D eigenvalue weighted by molar-refractivity contribution is 5.77. The van der Waals surface area contributed by atoms with E-state index in [0.29, 0.717) is 39.1 Å². The Hall–Kier alpha value is -3.49. The number of hydrogen-bond acceptors (Lipinski definition) is 7. The van der Waals surface area contributed by atoms with Gasteiger partial charge in [-0.05, 0) is 63.5 Å². The molecule has 52 heavy (non-hydrogen) atoms. The van der Waals surface area contributed by atoms with Gasteiger partial charge in [-0.25, -0.2) is 0 Å². The van der Waals surface area contributed by atoms with E-state index in [9.17, 15) is 14.4 Å². The van der Waals surface area contributed by atoms with Gasteiger partial charge in [0.25, 0.3) is 0 Å². The van der Waals surface area contributed by atoms with E-state index in [1.54, 1.807) is 0 Å². The van der Waals surface area contributed by atoms with E-state index in [1.165, 1.54) is 64.2 Å². The maximum absolute atomic E-state index is 13.2. The first-order valence-corrected chi connectivity index (χ1v) is 20.0. The molecule has 0 saturated heterocycles. The molecule has 1 amide bonds. The lowest BCUT2D eigenvalue weighted by atomic mass is 9.86. The summed E-state index contributed by atoms with van der Waals surface area (Å²) in [6, 6.07) is 19.4. The lowest BCUT2D eigenvalue weighted by molar-refractivity contribution is -0.165. The number of unbranched alkanes of at least 4 members (excludes halogenated alkanes) is 11. The molecule has 0 aliphatic rings. The van der Waals surface area contributed by atoms with Crippen LogP contribution in [0, 0.1) is 5.41 Å². The number of allylic oxidation sites excluding steroid dienone is 2. The highest BCUT2D eigenvalue weighted by Gasteiger charge is 2.39. The number of carbonyl (C=O) groups excluding carboxylic acids is 3. The van der Waals surface area contributed by atoms with E-state index in [1.807, 2.05) is 74.5 Å². The summed E-state index contributed by atoms with van der Waals surface area (Å²) in [5.41, 5.74) is 0.982. The van der Waals surface area contributed by atoms with E-state index in [-0.39, 0.29) is 37.5 Å². The quantitative estimate of drug-likeness (QED) is 0.0455. The molecule has 0 heterocycles. The zero-order chi connectivity index (χ0) is 37.5. The largest absolute Gasteiger partial charge is 0.466 e. The molecule has 2 rings (SSSR count). The molecule has 0 saturated carbocycles. The summed E-state index contributed by atoms with van der Waals surface area (Å²) in [4.78, 5) is 37.7. The van der Waals surface area contributed by atoms with Crippen molar-refractivity contribution >= 4 is 17.8 Å². The van der Waals surface area contributed by atoms with Gasteiger partial charge < -0.3 is 24.8 Å². The number of esters is 2. The highest BCUT2D eigenvalue weighted by Crippen LogP contribution is 2.27. The van der Waals surface area contributed by atoms with Gasteiger partial charge in [-0.3, -0.25) is 14.4 Å². The third kappa shape index (κ3) is 21.8. The van der Waals surface area contributed by atoms with E-state index >= 15 is 0 Å². The normalized spacial score (nSPS) is 12.1. The molecule has 8 heteroatoms. The number of nitrogens with one attached hydrogen (secondary N) is 2. The van der Waals surface area contributed by atoms with Crippen molar-refractivity contribution in [3.8, 4) is 0 Å². The third-order valence-electron chi connectivity index (χ3n) is 9.25. The van der Waals surface area contributed by atoms with E-state index in [4.69, 9.17) is 14.2 Å². The summed E-state index contributed by atoms with van der Waals surface area (Å²) in [5, 5.41) is 6.20. The zero-order valence-electron chi connectivity index (χ0n) is 32.5. The van der Waals surface area contributed by atoms with E-state index in [2.05, 4.69) is 29.7 Å². The van der Waals surface area contributed by atoms with Crippen molar-refractivity contribution in [3.63, 3.8) is 0 Å². The Labute approximate surface area is 314 Å². The standard InChI is InChI=1S/C44H68N2O6/c1-4-5-6-7-8-9-10-11-12-13-14-15-16-17-24-30-41(47)46-32-25-34-50-42(48)31-33-45-35-40(51-36-38-26-20-18-21-27-38)44(2,3)43(49)52-37-39-28-22-19-23-29-39/h11-12,18-23,26-29,40,45H,4-10,13-17,24-25,30-37H2,1-3H3,(H,46,47). The van der Waals surface area contributed by atoms with Crippen molar-refractivity contribution < 1.29 is 28.6 Å². The maximum Gasteiger partial charge on any atom is 0.314 e. The molecule has 290 valence electrons. The van der Waals surface area contributed by atoms with Gasteiger partial charge in [0.05, 0.1) is 31.2 Å². The Kier molecular flexibility index (Phi) is 24.9. The first-order valence-electron chi connectivity index (χ1n) is 20.0. The van der Waals surface area contributed by atoms with Crippen LogP contribution in [-0.4, -0.2) is 50.2 Å². The van der Waals surface area contributed by atoms with Crippen molar-refractivity contribution in [1.82, 2.24) is 10.6 Å². The number of benzene rings is 2. The van der Waals surface area contributed by atoms with E-state index < -0.39 is 11.5 Å². The minimum atomic E-state index is -0.939. The highest BCUT2D eigenvalue weighted by atomic mass is 16.5. The predicted molar refractivity (Wildman–Crippen MR) is 211 cm³/mol. The van der Waals surface area contributed by atoms with Gasteiger partial charge in [0.2, 0.25) is 5.91 Å². The Morgan fingerprint density at radius 3 is 1.88 bits per heavy atom. The number of ether oxygens (including phenoxy) is 3. The van der Waals surface area contributed by atoms with Crippen LogP contribution in [0.4, 0.5) is 0 Å². The van der Waals surface area contributed by atoms with Crippen molar-refractivity contribution in [1.29, 1.82) is 0 Å². The zero-order valence-corrected chi connectivity index (χ0v) is 32.5. The summed E-state index contributed by atoms with van der Waals surface area (Å²) in [7, 11) is 0. The molecule has 0 fully saturated rings. The summed E-state index contributed by atoms with van der Waals surface area (Å²) < 4.78 is 17.3. The monoisotopic (exact) mass is 721 g/mol. The number of amides is 1. The van der Waals surface area contributed by atoms with Gasteiger partial charge in [-0.1, -0.05) is 131 Å². The number of carbonyl (C=O) groups is 3. The molecule has 0 radical (unpaired) electrons. The van der Waals surface area contributed by atoms with Crippen molar-refractivity contribution in [2.75, 3.05) is 26.2 Å². The maximum atomic E-state index is 13.2. The molecule has 2 aromatic rings. The molecule has 0 bridgehead atoms. The first-order chi connectivity index (χ1) is 25.3. The number of rotatable bonds is 31. The average Bonchev–Trinajstić information content (AvgIpc) is 3.15. The predicted octanol–water partition coefficient (Wildman–Crippen LogP) is 9.41. The molecule has 0 aromatic heterocycles. The molecule has 8 nitrogen and oxygen atoms in total. The summed E-state index contributed by atoms with van der Waals surface area (Å²) in [6.07, 6.45) is 21.6. The topological polar surface area (TPSA) is 103 Å². The molecule has 0 aliphatic carbocycles. The van der Waals surface area contributed by atoms with Gasteiger partial charge in [0.15, 0.2) is 0 Å². The Bertz CT molecular complexity index is 1230. The molecule has 1 atom stereocenters. The smallest absolute Gasteiger partial charge is 0.314 e. The number of hydrogen-bond donors (Lipinski definition) is 2. The molecular formula is C44H68N2O6. The van der Waals surface area contributed by atoms with E-state index in [0.717, 1.165) is 30.4 Å². The summed E-state index contributed by atoms with van der Waals surface area (Å²) >= 11 is 0. The minimum absolute atomic E-state index is 0.0593. The molecule has 2 N–H and O–H groups in total. The van der Waals surface area contributed by atoms with Crippen LogP contribution < -0.4 is 10.6 Å². The van der Waals surface area contributed by atoms with Crippen LogP contribution in [0.1, 0.15) is 135 Å². The van der Waals surface area contributed by atoms with Crippen LogP contribution in [0.5, 0.6) is 0 Å². The van der Waals surface area contributed by atoms with Gasteiger partial charge in [-0.15, -0.1) is 0 Å². The first kappa shape index (κ1) is 44.7. The van der Waals surface area contributed by atoms with Gasteiger partial charge in [0.1, 0.15) is 6.61 Å². The van der Waals surface area contributed by atoms with Crippen LogP contribution in [-0.2, 0) is 41.8 Å².